The molecule has 2 heterocycles. The summed E-state index contributed by atoms with van der Waals surface area (Å²) in [6.45, 7) is 21.0. The van der Waals surface area contributed by atoms with Gasteiger partial charge in [0.1, 0.15) is 0 Å². The van der Waals surface area contributed by atoms with E-state index in [0.29, 0.717) is 0 Å². The lowest BCUT2D eigenvalue weighted by molar-refractivity contribution is 0.581. The van der Waals surface area contributed by atoms with Crippen LogP contribution in [0.5, 0.6) is 0 Å². The fourth-order valence-corrected chi connectivity index (χ4v) is 5.10. The van der Waals surface area contributed by atoms with Gasteiger partial charge in [0.15, 0.2) is 0 Å². The van der Waals surface area contributed by atoms with Crippen molar-refractivity contribution in [3.63, 3.8) is 0 Å². The van der Waals surface area contributed by atoms with Crippen molar-refractivity contribution in [2.75, 3.05) is 0 Å². The summed E-state index contributed by atoms with van der Waals surface area (Å²) >= 11 is 0. The van der Waals surface area contributed by atoms with Crippen molar-refractivity contribution < 1.29 is 0 Å². The first-order valence-corrected chi connectivity index (χ1v) is 10.8. The summed E-state index contributed by atoms with van der Waals surface area (Å²) < 4.78 is 2.18. The van der Waals surface area contributed by atoms with Gasteiger partial charge in [0.2, 0.25) is 0 Å². The van der Waals surface area contributed by atoms with Crippen LogP contribution in [0.3, 0.4) is 0 Å². The van der Waals surface area contributed by atoms with E-state index in [-0.39, 0.29) is 10.8 Å². The van der Waals surface area contributed by atoms with Crippen LogP contribution >= 0.6 is 0 Å². The molecule has 158 valence electrons. The predicted octanol–water partition coefficient (Wildman–Crippen LogP) is 6.48. The fraction of sp³-hybridized carbons (Fsp3) is 0.462. The Bertz CT molecular complexity index is 1260. The third-order valence-corrected chi connectivity index (χ3v) is 6.22. The van der Waals surface area contributed by atoms with E-state index in [2.05, 4.69) is 95.4 Å². The highest BCUT2D eigenvalue weighted by atomic mass is 15.3. The summed E-state index contributed by atoms with van der Waals surface area (Å²) in [4.78, 5) is 0. The highest BCUT2D eigenvalue weighted by molar-refractivity contribution is 5.88. The average molecular weight is 403 g/mol. The van der Waals surface area contributed by atoms with Crippen LogP contribution in [0, 0.1) is 20.8 Å². The molecule has 30 heavy (non-hydrogen) atoms. The molecule has 0 radical (unpaired) electrons. The van der Waals surface area contributed by atoms with Gasteiger partial charge in [0.05, 0.1) is 23.8 Å². The SMILES string of the molecule is Cc1ccc2cnn(Cc3cc4n[nH]c(C)c4c(C(C)(C)C)c3C)c2c1C(C)(C)C. The van der Waals surface area contributed by atoms with E-state index >= 15 is 0 Å². The summed E-state index contributed by atoms with van der Waals surface area (Å²) in [6.07, 6.45) is 2.00. The monoisotopic (exact) mass is 402 g/mol. The van der Waals surface area contributed by atoms with E-state index in [1.165, 1.54) is 44.1 Å². The maximum absolute atomic E-state index is 4.81. The molecule has 0 saturated heterocycles. The van der Waals surface area contributed by atoms with Crippen molar-refractivity contribution in [2.45, 2.75) is 79.7 Å². The van der Waals surface area contributed by atoms with Crippen molar-refractivity contribution >= 4 is 21.8 Å². The highest BCUT2D eigenvalue weighted by Crippen LogP contribution is 2.37. The van der Waals surface area contributed by atoms with Gasteiger partial charge in [0, 0.05) is 16.5 Å². The van der Waals surface area contributed by atoms with Gasteiger partial charge >= 0.3 is 0 Å². The van der Waals surface area contributed by atoms with Crippen molar-refractivity contribution in [3.8, 4) is 0 Å². The second kappa shape index (κ2) is 6.69. The average Bonchev–Trinajstić information content (AvgIpc) is 3.17. The van der Waals surface area contributed by atoms with Gasteiger partial charge in [-0.1, -0.05) is 53.7 Å². The second-order valence-electron chi connectivity index (χ2n) is 10.8. The number of aryl methyl sites for hydroxylation is 2. The molecule has 0 fully saturated rings. The van der Waals surface area contributed by atoms with Crippen LogP contribution < -0.4 is 0 Å². The lowest BCUT2D eigenvalue weighted by atomic mass is 9.79. The molecule has 2 aromatic carbocycles. The number of hydrogen-bond acceptors (Lipinski definition) is 2. The molecule has 0 atom stereocenters. The van der Waals surface area contributed by atoms with Crippen molar-refractivity contribution in [2.24, 2.45) is 0 Å². The lowest BCUT2D eigenvalue weighted by Crippen LogP contribution is -2.18. The van der Waals surface area contributed by atoms with Gasteiger partial charge in [-0.05, 0) is 65.5 Å². The molecule has 0 aliphatic rings. The Balaban J connectivity index is 1.96. The highest BCUT2D eigenvalue weighted by Gasteiger charge is 2.26. The molecule has 1 N–H and O–H groups in total. The topological polar surface area (TPSA) is 46.5 Å². The molecule has 4 nitrogen and oxygen atoms in total. The Morgan fingerprint density at radius 1 is 0.933 bits per heavy atom. The molecule has 2 aromatic heterocycles. The first-order chi connectivity index (χ1) is 13.9. The largest absolute Gasteiger partial charge is 0.282 e. The zero-order chi connectivity index (χ0) is 22.0. The number of fused-ring (bicyclic) bond motifs is 2. The van der Waals surface area contributed by atoms with Crippen LogP contribution in [0.15, 0.2) is 24.4 Å². The van der Waals surface area contributed by atoms with Gasteiger partial charge in [-0.15, -0.1) is 0 Å². The van der Waals surface area contributed by atoms with Gasteiger partial charge in [0.25, 0.3) is 0 Å². The van der Waals surface area contributed by atoms with E-state index < -0.39 is 0 Å². The minimum atomic E-state index is 0.0340. The third kappa shape index (κ3) is 3.23. The molecule has 0 unspecified atom stereocenters. The Morgan fingerprint density at radius 2 is 1.60 bits per heavy atom. The summed E-state index contributed by atoms with van der Waals surface area (Å²) in [6, 6.07) is 6.65. The zero-order valence-corrected chi connectivity index (χ0v) is 19.9. The van der Waals surface area contributed by atoms with Crippen LogP contribution in [-0.4, -0.2) is 20.0 Å². The van der Waals surface area contributed by atoms with Crippen LogP contribution in [-0.2, 0) is 17.4 Å². The standard InChI is InChI=1S/C26H34N4/c1-15-10-11-18-13-27-30(24(18)22(15)25(4,5)6)14-19-12-20-21(17(3)28-29-20)23(16(19)2)26(7,8)9/h10-13H,14H2,1-9H3,(H,28,29). The van der Waals surface area contributed by atoms with Crippen LogP contribution in [0.25, 0.3) is 21.8 Å². The first-order valence-electron chi connectivity index (χ1n) is 10.8. The minimum absolute atomic E-state index is 0.0340. The maximum Gasteiger partial charge on any atom is 0.0930 e. The number of H-pyrrole nitrogens is 1. The summed E-state index contributed by atoms with van der Waals surface area (Å²) in [5.41, 5.74) is 10.2. The van der Waals surface area contributed by atoms with Crippen molar-refractivity contribution in [1.29, 1.82) is 0 Å². The summed E-state index contributed by atoms with van der Waals surface area (Å²) in [5.74, 6) is 0. The molecule has 4 heteroatoms. The van der Waals surface area contributed by atoms with Crippen LogP contribution in [0.2, 0.25) is 0 Å². The molecule has 4 rings (SSSR count). The number of nitrogens with one attached hydrogen (secondary N) is 1. The van der Waals surface area contributed by atoms with E-state index in [9.17, 15) is 0 Å². The number of nitrogens with zero attached hydrogens (tertiary/aromatic N) is 3. The normalized spacial score (nSPS) is 13.0. The molecular formula is C26H34N4. The molecule has 0 bridgehead atoms. The van der Waals surface area contributed by atoms with Gasteiger partial charge in [-0.25, -0.2) is 0 Å². The van der Waals surface area contributed by atoms with Gasteiger partial charge in [-0.3, -0.25) is 9.78 Å². The third-order valence-electron chi connectivity index (χ3n) is 6.22. The first kappa shape index (κ1) is 20.6. The van der Waals surface area contributed by atoms with Crippen molar-refractivity contribution in [3.05, 3.63) is 57.9 Å². The molecule has 0 spiro atoms. The fourth-order valence-electron chi connectivity index (χ4n) is 5.10. The lowest BCUT2D eigenvalue weighted by Gasteiger charge is -2.26. The van der Waals surface area contributed by atoms with Crippen molar-refractivity contribution in [1.82, 2.24) is 20.0 Å². The Labute approximate surface area is 179 Å². The molecule has 0 amide bonds. The molecule has 4 aromatic rings. The summed E-state index contributed by atoms with van der Waals surface area (Å²) in [7, 11) is 0. The molecule has 0 aliphatic carbocycles. The van der Waals surface area contributed by atoms with Gasteiger partial charge < -0.3 is 0 Å². The van der Waals surface area contributed by atoms with Crippen LogP contribution in [0.1, 0.15) is 75.1 Å². The maximum atomic E-state index is 4.81. The number of aromatic nitrogens is 4. The van der Waals surface area contributed by atoms with E-state index in [0.717, 1.165) is 17.8 Å². The Morgan fingerprint density at radius 3 is 2.23 bits per heavy atom. The molecule has 0 aliphatic heterocycles. The number of hydrogen-bond donors (Lipinski definition) is 1. The smallest absolute Gasteiger partial charge is 0.0930 e. The number of benzene rings is 2. The van der Waals surface area contributed by atoms with Gasteiger partial charge in [-0.2, -0.15) is 10.2 Å². The second-order valence-corrected chi connectivity index (χ2v) is 10.8. The minimum Gasteiger partial charge on any atom is -0.282 e. The van der Waals surface area contributed by atoms with E-state index in [4.69, 9.17) is 5.10 Å². The number of rotatable bonds is 2. The zero-order valence-electron chi connectivity index (χ0n) is 19.9. The Hall–Kier alpha value is -2.62. The Kier molecular flexibility index (Phi) is 4.61. The summed E-state index contributed by atoms with van der Waals surface area (Å²) in [5, 5.41) is 15.1. The number of aromatic amines is 1. The quantitative estimate of drug-likeness (QED) is 0.417. The van der Waals surface area contributed by atoms with E-state index in [1.807, 2.05) is 6.20 Å². The van der Waals surface area contributed by atoms with E-state index in [1.54, 1.807) is 0 Å². The molecular weight excluding hydrogens is 368 g/mol. The predicted molar refractivity (Wildman–Crippen MR) is 127 cm³/mol. The molecule has 0 saturated carbocycles. The van der Waals surface area contributed by atoms with Crippen LogP contribution in [0.4, 0.5) is 0 Å².